The second-order valence-corrected chi connectivity index (χ2v) is 6.09. The molecule has 1 atom stereocenters. The van der Waals surface area contributed by atoms with Crippen LogP contribution in [0.2, 0.25) is 0 Å². The maximum absolute atomic E-state index is 12.1. The van der Waals surface area contributed by atoms with Crippen LogP contribution in [-0.4, -0.2) is 35.6 Å². The lowest BCUT2D eigenvalue weighted by atomic mass is 10.1. The molecule has 1 N–H and O–H groups in total. The SMILES string of the molecule is C[C@@H](c1ccon1)N(C)CCC(=O)NC1CCCCCC1. The van der Waals surface area contributed by atoms with Gasteiger partial charge in [0.15, 0.2) is 0 Å². The fraction of sp³-hybridized carbons (Fsp3) is 0.750. The fourth-order valence-corrected chi connectivity index (χ4v) is 2.86. The van der Waals surface area contributed by atoms with Gasteiger partial charge in [-0.1, -0.05) is 30.8 Å². The van der Waals surface area contributed by atoms with Gasteiger partial charge < -0.3 is 9.84 Å². The van der Waals surface area contributed by atoms with Gasteiger partial charge in [0.2, 0.25) is 5.91 Å². The largest absolute Gasteiger partial charge is 0.364 e. The molecule has 0 saturated heterocycles. The third-order valence-corrected chi connectivity index (χ3v) is 4.46. The summed E-state index contributed by atoms with van der Waals surface area (Å²) in [5, 5.41) is 7.14. The van der Waals surface area contributed by atoms with E-state index in [0.717, 1.165) is 25.1 Å². The van der Waals surface area contributed by atoms with Crippen LogP contribution in [0.1, 0.15) is 63.6 Å². The zero-order chi connectivity index (χ0) is 15.1. The summed E-state index contributed by atoms with van der Waals surface area (Å²) in [6.45, 7) is 2.80. The highest BCUT2D eigenvalue weighted by Gasteiger charge is 2.17. The van der Waals surface area contributed by atoms with E-state index in [1.807, 2.05) is 13.1 Å². The minimum absolute atomic E-state index is 0.162. The standard InChI is InChI=1S/C16H27N3O2/c1-13(15-10-12-21-18-15)19(2)11-9-16(20)17-14-7-5-3-4-6-8-14/h10,12-14H,3-9,11H2,1-2H3,(H,17,20)/t13-/m0/s1. The molecule has 1 saturated carbocycles. The highest BCUT2D eigenvalue weighted by atomic mass is 16.5. The predicted octanol–water partition coefficient (Wildman–Crippen LogP) is 2.90. The minimum atomic E-state index is 0.162. The van der Waals surface area contributed by atoms with E-state index in [1.165, 1.54) is 25.7 Å². The summed E-state index contributed by atoms with van der Waals surface area (Å²) in [5.41, 5.74) is 0.904. The molecule has 0 bridgehead atoms. The third-order valence-electron chi connectivity index (χ3n) is 4.46. The summed E-state index contributed by atoms with van der Waals surface area (Å²) in [6, 6.07) is 2.42. The molecular weight excluding hydrogens is 266 g/mol. The number of hydrogen-bond donors (Lipinski definition) is 1. The van der Waals surface area contributed by atoms with Crippen LogP contribution in [0, 0.1) is 0 Å². The van der Waals surface area contributed by atoms with Crippen molar-refractivity contribution in [2.24, 2.45) is 0 Å². The zero-order valence-electron chi connectivity index (χ0n) is 13.2. The quantitative estimate of drug-likeness (QED) is 0.819. The van der Waals surface area contributed by atoms with Crippen molar-refractivity contribution in [3.05, 3.63) is 18.0 Å². The molecule has 1 aromatic rings. The molecule has 0 radical (unpaired) electrons. The molecule has 5 heteroatoms. The van der Waals surface area contributed by atoms with Crippen LogP contribution >= 0.6 is 0 Å². The van der Waals surface area contributed by atoms with Crippen molar-refractivity contribution in [2.45, 2.75) is 64.0 Å². The average molecular weight is 293 g/mol. The number of amides is 1. The van der Waals surface area contributed by atoms with E-state index in [2.05, 4.69) is 22.3 Å². The summed E-state index contributed by atoms with van der Waals surface area (Å²) >= 11 is 0. The average Bonchev–Trinajstić information content (AvgIpc) is 2.90. The van der Waals surface area contributed by atoms with Crippen molar-refractivity contribution < 1.29 is 9.32 Å². The Morgan fingerprint density at radius 1 is 1.43 bits per heavy atom. The van der Waals surface area contributed by atoms with Gasteiger partial charge in [0.1, 0.15) is 12.0 Å². The Morgan fingerprint density at radius 2 is 2.14 bits per heavy atom. The van der Waals surface area contributed by atoms with Crippen molar-refractivity contribution >= 4 is 5.91 Å². The Labute approximate surface area is 127 Å². The van der Waals surface area contributed by atoms with Crippen LogP contribution in [0.5, 0.6) is 0 Å². The van der Waals surface area contributed by atoms with Gasteiger partial charge in [-0.15, -0.1) is 0 Å². The molecule has 0 unspecified atom stereocenters. The van der Waals surface area contributed by atoms with Crippen molar-refractivity contribution in [3.8, 4) is 0 Å². The van der Waals surface area contributed by atoms with Crippen molar-refractivity contribution in [1.29, 1.82) is 0 Å². The normalized spacial score (nSPS) is 18.4. The van der Waals surface area contributed by atoms with Gasteiger partial charge in [0.05, 0.1) is 6.04 Å². The molecule has 1 aliphatic rings. The molecular formula is C16H27N3O2. The molecule has 0 aromatic carbocycles. The van der Waals surface area contributed by atoms with Crippen LogP contribution in [0.25, 0.3) is 0 Å². The Kier molecular flexibility index (Phi) is 6.23. The first kappa shape index (κ1) is 16.0. The van der Waals surface area contributed by atoms with Gasteiger partial charge in [-0.05, 0) is 26.8 Å². The van der Waals surface area contributed by atoms with Crippen molar-refractivity contribution in [1.82, 2.24) is 15.4 Å². The summed E-state index contributed by atoms with van der Waals surface area (Å²) < 4.78 is 4.87. The first-order chi connectivity index (χ1) is 10.2. The lowest BCUT2D eigenvalue weighted by Gasteiger charge is -2.23. The Bertz CT molecular complexity index is 411. The summed E-state index contributed by atoms with van der Waals surface area (Å²) in [4.78, 5) is 14.2. The maximum Gasteiger partial charge on any atom is 0.221 e. The first-order valence-electron chi connectivity index (χ1n) is 8.06. The predicted molar refractivity (Wildman–Crippen MR) is 81.8 cm³/mol. The van der Waals surface area contributed by atoms with Crippen LogP contribution in [0.15, 0.2) is 16.9 Å². The molecule has 5 nitrogen and oxygen atoms in total. The van der Waals surface area contributed by atoms with Crippen LogP contribution in [0.3, 0.4) is 0 Å². The number of nitrogens with zero attached hydrogens (tertiary/aromatic N) is 2. The highest BCUT2D eigenvalue weighted by Crippen LogP contribution is 2.18. The highest BCUT2D eigenvalue weighted by molar-refractivity contribution is 5.76. The molecule has 1 aromatic heterocycles. The lowest BCUT2D eigenvalue weighted by Crippen LogP contribution is -2.36. The van der Waals surface area contributed by atoms with Gasteiger partial charge in [-0.25, -0.2) is 0 Å². The maximum atomic E-state index is 12.1. The van der Waals surface area contributed by atoms with Gasteiger partial charge in [0.25, 0.3) is 0 Å². The Hall–Kier alpha value is -1.36. The Balaban J connectivity index is 1.70. The summed E-state index contributed by atoms with van der Waals surface area (Å²) in [5.74, 6) is 0.168. The zero-order valence-corrected chi connectivity index (χ0v) is 13.2. The molecule has 2 rings (SSSR count). The third kappa shape index (κ3) is 5.16. The van der Waals surface area contributed by atoms with Gasteiger partial charge >= 0.3 is 0 Å². The molecule has 1 aliphatic carbocycles. The fourth-order valence-electron chi connectivity index (χ4n) is 2.86. The van der Waals surface area contributed by atoms with Crippen molar-refractivity contribution in [2.75, 3.05) is 13.6 Å². The minimum Gasteiger partial charge on any atom is -0.364 e. The van der Waals surface area contributed by atoms with E-state index in [9.17, 15) is 4.79 Å². The second kappa shape index (κ2) is 8.17. The van der Waals surface area contributed by atoms with Gasteiger partial charge in [0, 0.05) is 25.1 Å². The molecule has 0 spiro atoms. The van der Waals surface area contributed by atoms with Gasteiger partial charge in [-0.3, -0.25) is 9.69 Å². The van der Waals surface area contributed by atoms with Gasteiger partial charge in [-0.2, -0.15) is 0 Å². The molecule has 21 heavy (non-hydrogen) atoms. The second-order valence-electron chi connectivity index (χ2n) is 6.09. The molecule has 1 heterocycles. The summed E-state index contributed by atoms with van der Waals surface area (Å²) in [6.07, 6.45) is 9.50. The van der Waals surface area contributed by atoms with Crippen LogP contribution < -0.4 is 5.32 Å². The Morgan fingerprint density at radius 3 is 2.76 bits per heavy atom. The van der Waals surface area contributed by atoms with E-state index in [-0.39, 0.29) is 11.9 Å². The number of rotatable bonds is 6. The first-order valence-corrected chi connectivity index (χ1v) is 8.06. The number of hydrogen-bond acceptors (Lipinski definition) is 4. The number of carbonyl (C=O) groups excluding carboxylic acids is 1. The van der Waals surface area contributed by atoms with Crippen molar-refractivity contribution in [3.63, 3.8) is 0 Å². The van der Waals surface area contributed by atoms with E-state index in [0.29, 0.717) is 12.5 Å². The van der Waals surface area contributed by atoms with E-state index >= 15 is 0 Å². The number of nitrogens with one attached hydrogen (secondary N) is 1. The molecule has 1 fully saturated rings. The summed E-state index contributed by atoms with van der Waals surface area (Å²) in [7, 11) is 2.01. The number of aromatic nitrogens is 1. The molecule has 0 aliphatic heterocycles. The lowest BCUT2D eigenvalue weighted by molar-refractivity contribution is -0.122. The monoisotopic (exact) mass is 293 g/mol. The topological polar surface area (TPSA) is 58.4 Å². The number of carbonyl (C=O) groups is 1. The van der Waals surface area contributed by atoms with Crippen LogP contribution in [-0.2, 0) is 4.79 Å². The molecule has 118 valence electrons. The van der Waals surface area contributed by atoms with E-state index < -0.39 is 0 Å². The molecule has 1 amide bonds. The van der Waals surface area contributed by atoms with E-state index in [4.69, 9.17) is 4.52 Å². The van der Waals surface area contributed by atoms with Crippen LogP contribution in [0.4, 0.5) is 0 Å². The van der Waals surface area contributed by atoms with E-state index in [1.54, 1.807) is 6.26 Å². The smallest absolute Gasteiger partial charge is 0.221 e.